The molecule has 1 aromatic carbocycles. The Morgan fingerprint density at radius 2 is 1.86 bits per heavy atom. The number of hydrogen-bond acceptors (Lipinski definition) is 4. The maximum Gasteiger partial charge on any atom is 0.477 e. The van der Waals surface area contributed by atoms with Crippen LogP contribution < -0.4 is 9.98 Å². The van der Waals surface area contributed by atoms with Crippen LogP contribution in [0, 0.1) is 0 Å². The van der Waals surface area contributed by atoms with Crippen molar-refractivity contribution in [3.8, 4) is 0 Å². The van der Waals surface area contributed by atoms with Crippen molar-refractivity contribution in [3.05, 3.63) is 46.5 Å². The van der Waals surface area contributed by atoms with Crippen LogP contribution in [-0.4, -0.2) is 37.1 Å². The van der Waals surface area contributed by atoms with Gasteiger partial charge in [0.15, 0.2) is 6.33 Å². The molecule has 1 N–H and O–H groups in total. The third kappa shape index (κ3) is 4.57. The van der Waals surface area contributed by atoms with Crippen LogP contribution in [0.2, 0.25) is 5.02 Å². The van der Waals surface area contributed by atoms with Crippen molar-refractivity contribution >= 4 is 39.5 Å². The standard InChI is InChI=1S/C15H8ClF6N5OS/c1-6(10-23-5-24-27(10)13-26-12(29-13)15(20,21)22)25-11(28)7-2-8(14(17,18)19)4-9(16)3-7/h2-6H,1H3/p+1/t6-/m0/s1. The number of carbonyl (C=O) groups excluding carboxylic acids is 1. The predicted molar refractivity (Wildman–Crippen MR) is 93.5 cm³/mol. The zero-order chi connectivity index (χ0) is 21.6. The van der Waals surface area contributed by atoms with Crippen molar-refractivity contribution in [3.63, 3.8) is 0 Å². The zero-order valence-electron chi connectivity index (χ0n) is 14.1. The van der Waals surface area contributed by atoms with Crippen LogP contribution in [0.1, 0.15) is 34.7 Å². The molecule has 0 unspecified atom stereocenters. The summed E-state index contributed by atoms with van der Waals surface area (Å²) in [5.41, 5.74) is -1.44. The second kappa shape index (κ2) is 7.39. The first-order chi connectivity index (χ1) is 13.4. The molecular formula is C15H9ClF6N5OS+. The molecule has 1 atom stereocenters. The van der Waals surface area contributed by atoms with Crippen molar-refractivity contribution in [2.45, 2.75) is 25.3 Å². The Bertz CT molecular complexity index is 1040. The molecular weight excluding hydrogens is 448 g/mol. The molecule has 2 aromatic rings. The highest BCUT2D eigenvalue weighted by atomic mass is 35.5. The van der Waals surface area contributed by atoms with Crippen LogP contribution in [0.15, 0.2) is 24.5 Å². The van der Waals surface area contributed by atoms with Gasteiger partial charge in [0.1, 0.15) is 6.04 Å². The summed E-state index contributed by atoms with van der Waals surface area (Å²) in [6, 6.07) is 1.46. The van der Waals surface area contributed by atoms with E-state index in [1.807, 2.05) is 0 Å². The molecule has 0 saturated carbocycles. The fraction of sp³-hybridized carbons (Fsp3) is 0.267. The molecule has 1 aliphatic rings. The van der Waals surface area contributed by atoms with E-state index in [2.05, 4.69) is 20.1 Å². The highest BCUT2D eigenvalue weighted by Crippen LogP contribution is 2.32. The molecule has 0 aliphatic carbocycles. The summed E-state index contributed by atoms with van der Waals surface area (Å²) in [6.45, 7) is 1.44. The van der Waals surface area contributed by atoms with E-state index in [4.69, 9.17) is 11.6 Å². The van der Waals surface area contributed by atoms with Gasteiger partial charge in [-0.1, -0.05) is 21.4 Å². The molecule has 14 heteroatoms. The van der Waals surface area contributed by atoms with Crippen LogP contribution in [0.25, 0.3) is 0 Å². The van der Waals surface area contributed by atoms with Gasteiger partial charge in [-0.3, -0.25) is 4.79 Å². The molecule has 0 fully saturated rings. The summed E-state index contributed by atoms with van der Waals surface area (Å²) in [5.74, 6) is -0.838. The van der Waals surface area contributed by atoms with Crippen LogP contribution >= 0.6 is 23.4 Å². The van der Waals surface area contributed by atoms with Crippen LogP contribution in [0.4, 0.5) is 26.3 Å². The molecule has 154 valence electrons. The smallest absolute Gasteiger partial charge is 0.340 e. The largest absolute Gasteiger partial charge is 0.477 e. The summed E-state index contributed by atoms with van der Waals surface area (Å²) in [4.78, 5) is 16.2. The van der Waals surface area contributed by atoms with Gasteiger partial charge < -0.3 is 5.32 Å². The Morgan fingerprint density at radius 1 is 1.21 bits per heavy atom. The highest BCUT2D eigenvalue weighted by molar-refractivity contribution is 8.28. The lowest BCUT2D eigenvalue weighted by atomic mass is 10.1. The van der Waals surface area contributed by atoms with Crippen LogP contribution in [-0.2, 0) is 6.18 Å². The normalized spacial score (nSPS) is 15.3. The van der Waals surface area contributed by atoms with Gasteiger partial charge in [-0.15, -0.1) is 0 Å². The zero-order valence-corrected chi connectivity index (χ0v) is 15.7. The van der Waals surface area contributed by atoms with E-state index in [-0.39, 0.29) is 21.6 Å². The van der Waals surface area contributed by atoms with Gasteiger partial charge in [0.05, 0.1) is 17.3 Å². The Morgan fingerprint density at radius 3 is 2.45 bits per heavy atom. The first kappa shape index (κ1) is 21.2. The quantitative estimate of drug-likeness (QED) is 0.567. The van der Waals surface area contributed by atoms with Crippen molar-refractivity contribution in [1.82, 2.24) is 24.7 Å². The molecule has 0 radical (unpaired) electrons. The van der Waals surface area contributed by atoms with Gasteiger partial charge in [-0.05, 0) is 25.1 Å². The summed E-state index contributed by atoms with van der Waals surface area (Å²) in [5, 5.41) is 4.74. The van der Waals surface area contributed by atoms with Gasteiger partial charge in [0.25, 0.3) is 5.91 Å². The fourth-order valence-corrected chi connectivity index (χ4v) is 3.20. The summed E-state index contributed by atoms with van der Waals surface area (Å²) >= 11 is 6.00. The first-order valence-corrected chi connectivity index (χ1v) is 8.85. The number of alkyl halides is 6. The van der Waals surface area contributed by atoms with Gasteiger partial charge in [-0.2, -0.15) is 36.0 Å². The van der Waals surface area contributed by atoms with Gasteiger partial charge >= 0.3 is 22.6 Å². The molecule has 2 heterocycles. The van der Waals surface area contributed by atoms with Gasteiger partial charge in [0.2, 0.25) is 5.82 Å². The molecule has 0 bridgehead atoms. The van der Waals surface area contributed by atoms with E-state index in [1.165, 1.54) is 6.92 Å². The fourth-order valence-electron chi connectivity index (χ4n) is 2.31. The molecule has 6 nitrogen and oxygen atoms in total. The van der Waals surface area contributed by atoms with Gasteiger partial charge in [0, 0.05) is 10.6 Å². The minimum absolute atomic E-state index is 0.0453. The highest BCUT2D eigenvalue weighted by Gasteiger charge is 2.51. The minimum Gasteiger partial charge on any atom is -0.340 e. The van der Waals surface area contributed by atoms with E-state index in [1.54, 1.807) is 0 Å². The van der Waals surface area contributed by atoms with Crippen molar-refractivity contribution in [2.75, 3.05) is 0 Å². The first-order valence-electron chi connectivity index (χ1n) is 7.66. The summed E-state index contributed by atoms with van der Waals surface area (Å²) in [6.07, 6.45) is -8.23. The predicted octanol–water partition coefficient (Wildman–Crippen LogP) is 3.42. The SMILES string of the molecule is C[C@H](NC(=O)c1cc(Cl)cc(C(F)(F)F)c1)c1ncnn1C1=[N+]=C(C(F)(F)F)S1. The number of amides is 1. The molecule has 1 aliphatic heterocycles. The molecule has 29 heavy (non-hydrogen) atoms. The van der Waals surface area contributed by atoms with Gasteiger partial charge in [-0.25, -0.2) is 0 Å². The second-order valence-electron chi connectivity index (χ2n) is 5.75. The molecule has 0 spiro atoms. The lowest BCUT2D eigenvalue weighted by Gasteiger charge is -2.13. The Kier molecular flexibility index (Phi) is 5.41. The third-order valence-electron chi connectivity index (χ3n) is 3.61. The Balaban J connectivity index is 1.82. The van der Waals surface area contributed by atoms with E-state index >= 15 is 0 Å². The summed E-state index contributed by atoms with van der Waals surface area (Å²) in [7, 11) is 0. The second-order valence-corrected chi connectivity index (χ2v) is 7.14. The number of carbonyl (C=O) groups is 1. The molecule has 0 saturated heterocycles. The number of thioether (sulfide) groups is 1. The molecule has 1 amide bonds. The van der Waals surface area contributed by atoms with E-state index in [9.17, 15) is 31.1 Å². The van der Waals surface area contributed by atoms with Crippen molar-refractivity contribution < 1.29 is 31.1 Å². The number of rotatable bonds is 3. The topological polar surface area (TPSA) is 73.9 Å². The van der Waals surface area contributed by atoms with Crippen LogP contribution in [0.5, 0.6) is 0 Å². The number of hydrogen-bond donors (Lipinski definition) is 1. The number of nitrogens with one attached hydrogen (secondary N) is 1. The Labute approximate surface area is 167 Å². The van der Waals surface area contributed by atoms with Crippen molar-refractivity contribution in [1.29, 1.82) is 0 Å². The molecule has 3 rings (SSSR count). The minimum atomic E-state index is -4.70. The van der Waals surface area contributed by atoms with E-state index < -0.39 is 34.9 Å². The lowest BCUT2D eigenvalue weighted by molar-refractivity contribution is -0.137. The molecule has 1 aromatic heterocycles. The van der Waals surface area contributed by atoms with Crippen LogP contribution in [0.3, 0.4) is 0 Å². The number of benzene rings is 1. The van der Waals surface area contributed by atoms with E-state index in [0.717, 1.165) is 17.1 Å². The third-order valence-corrected chi connectivity index (χ3v) is 4.79. The number of halogens is 7. The maximum atomic E-state index is 12.9. The monoisotopic (exact) mass is 456 g/mol. The maximum absolute atomic E-state index is 12.9. The summed E-state index contributed by atoms with van der Waals surface area (Å²) < 4.78 is 80.6. The average Bonchev–Trinajstić information content (AvgIpc) is 2.99. The van der Waals surface area contributed by atoms with Crippen molar-refractivity contribution in [2.24, 2.45) is 0 Å². The Hall–Kier alpha value is -2.50. The lowest BCUT2D eigenvalue weighted by Crippen LogP contribution is -2.37. The number of aromatic nitrogens is 3. The average molecular weight is 457 g/mol. The van der Waals surface area contributed by atoms with E-state index in [0.29, 0.717) is 23.9 Å². The number of nitrogens with zero attached hydrogens (tertiary/aromatic N) is 4.